The monoisotopic (exact) mass is 398 g/mol. The number of carbonyl (C=O) groups excluding carboxylic acids is 1. The Hall–Kier alpha value is -1.97. The molecule has 0 unspecified atom stereocenters. The number of nitrogens with zero attached hydrogens (tertiary/aromatic N) is 2. The lowest BCUT2D eigenvalue weighted by atomic mass is 9.96. The van der Waals surface area contributed by atoms with E-state index < -0.39 is 16.0 Å². The van der Waals surface area contributed by atoms with Crippen molar-refractivity contribution >= 4 is 21.9 Å². The van der Waals surface area contributed by atoms with Crippen LogP contribution in [0.15, 0.2) is 29.2 Å². The molecule has 1 N–H and O–H groups in total. The molecular formula is C18H26N2O6S. The largest absolute Gasteiger partial charge is 0.478 e. The van der Waals surface area contributed by atoms with Crippen LogP contribution in [0.1, 0.15) is 29.6 Å². The predicted molar refractivity (Wildman–Crippen MR) is 99.0 cm³/mol. The minimum Gasteiger partial charge on any atom is -0.478 e. The summed E-state index contributed by atoms with van der Waals surface area (Å²) in [5.74, 6) is -1.25. The van der Waals surface area contributed by atoms with Gasteiger partial charge < -0.3 is 14.7 Å². The van der Waals surface area contributed by atoms with Crippen molar-refractivity contribution in [2.24, 2.45) is 5.92 Å². The fourth-order valence-corrected chi connectivity index (χ4v) is 4.60. The molecule has 1 aliphatic heterocycles. The lowest BCUT2D eigenvalue weighted by Crippen LogP contribution is -2.43. The standard InChI is InChI=1S/C18H26N2O6S/c1-19(10-3-13-26-2)17(21)14-8-11-20(12-9-14)27(24,25)16-6-4-15(5-7-16)18(22)23/h4-7,14H,3,8-13H2,1-2H3,(H,22,23). The van der Waals surface area contributed by atoms with Gasteiger partial charge in [-0.2, -0.15) is 4.31 Å². The summed E-state index contributed by atoms with van der Waals surface area (Å²) in [6.45, 7) is 1.74. The molecule has 0 aliphatic carbocycles. The second kappa shape index (κ2) is 9.29. The van der Waals surface area contributed by atoms with Crippen LogP contribution in [0, 0.1) is 5.92 Å². The molecule has 0 bridgehead atoms. The van der Waals surface area contributed by atoms with Gasteiger partial charge in [0.2, 0.25) is 15.9 Å². The molecule has 1 aromatic rings. The first-order chi connectivity index (χ1) is 12.8. The summed E-state index contributed by atoms with van der Waals surface area (Å²) in [6.07, 6.45) is 1.71. The second-order valence-electron chi connectivity index (χ2n) is 6.61. The van der Waals surface area contributed by atoms with Gasteiger partial charge in [0.1, 0.15) is 0 Å². The van der Waals surface area contributed by atoms with Crippen LogP contribution in [0.2, 0.25) is 0 Å². The molecule has 9 heteroatoms. The van der Waals surface area contributed by atoms with Crippen LogP contribution in [-0.4, -0.2) is 75.0 Å². The highest BCUT2D eigenvalue weighted by Crippen LogP contribution is 2.25. The van der Waals surface area contributed by atoms with Crippen LogP contribution in [0.25, 0.3) is 0 Å². The number of methoxy groups -OCH3 is 1. The third-order valence-corrected chi connectivity index (χ3v) is 6.67. The minimum absolute atomic E-state index is 0.0361. The highest BCUT2D eigenvalue weighted by Gasteiger charge is 2.33. The number of sulfonamides is 1. The second-order valence-corrected chi connectivity index (χ2v) is 8.55. The van der Waals surface area contributed by atoms with Crippen molar-refractivity contribution in [2.75, 3.05) is 40.4 Å². The lowest BCUT2D eigenvalue weighted by Gasteiger charge is -2.32. The molecule has 0 spiro atoms. The van der Waals surface area contributed by atoms with Crippen molar-refractivity contribution in [1.82, 2.24) is 9.21 Å². The van der Waals surface area contributed by atoms with Gasteiger partial charge in [0, 0.05) is 46.3 Å². The van der Waals surface area contributed by atoms with Crippen molar-refractivity contribution in [3.05, 3.63) is 29.8 Å². The molecule has 1 aliphatic rings. The van der Waals surface area contributed by atoms with Gasteiger partial charge in [-0.3, -0.25) is 4.79 Å². The molecule has 0 aromatic heterocycles. The van der Waals surface area contributed by atoms with Crippen LogP contribution in [0.4, 0.5) is 0 Å². The topological polar surface area (TPSA) is 104 Å². The minimum atomic E-state index is -3.69. The lowest BCUT2D eigenvalue weighted by molar-refractivity contribution is -0.135. The quantitative estimate of drug-likeness (QED) is 0.662. The first-order valence-electron chi connectivity index (χ1n) is 8.84. The van der Waals surface area contributed by atoms with Gasteiger partial charge in [-0.05, 0) is 43.5 Å². The van der Waals surface area contributed by atoms with Crippen LogP contribution in [-0.2, 0) is 19.6 Å². The summed E-state index contributed by atoms with van der Waals surface area (Å²) < 4.78 is 31.8. The number of carboxylic acid groups (broad SMARTS) is 1. The fraction of sp³-hybridized carbons (Fsp3) is 0.556. The van der Waals surface area contributed by atoms with Crippen molar-refractivity contribution < 1.29 is 27.9 Å². The van der Waals surface area contributed by atoms with E-state index >= 15 is 0 Å². The number of amides is 1. The summed E-state index contributed by atoms with van der Waals surface area (Å²) in [4.78, 5) is 25.1. The number of benzene rings is 1. The van der Waals surface area contributed by atoms with Crippen molar-refractivity contribution in [1.29, 1.82) is 0 Å². The maximum atomic E-state index is 12.7. The van der Waals surface area contributed by atoms with E-state index in [4.69, 9.17) is 9.84 Å². The Morgan fingerprint density at radius 1 is 1.22 bits per heavy atom. The number of piperidine rings is 1. The molecule has 0 radical (unpaired) electrons. The molecule has 1 fully saturated rings. The smallest absolute Gasteiger partial charge is 0.335 e. The van der Waals surface area contributed by atoms with Gasteiger partial charge in [-0.25, -0.2) is 13.2 Å². The van der Waals surface area contributed by atoms with E-state index in [2.05, 4.69) is 0 Å². The van der Waals surface area contributed by atoms with E-state index in [1.54, 1.807) is 19.1 Å². The van der Waals surface area contributed by atoms with Crippen molar-refractivity contribution in [2.45, 2.75) is 24.2 Å². The Labute approximate surface area is 159 Å². The van der Waals surface area contributed by atoms with Crippen LogP contribution >= 0.6 is 0 Å². The van der Waals surface area contributed by atoms with Crippen molar-refractivity contribution in [3.8, 4) is 0 Å². The number of ether oxygens (including phenoxy) is 1. The molecular weight excluding hydrogens is 372 g/mol. The molecule has 0 atom stereocenters. The number of hydrogen-bond acceptors (Lipinski definition) is 5. The number of rotatable bonds is 8. The van der Waals surface area contributed by atoms with E-state index in [1.807, 2.05) is 0 Å². The number of aromatic carboxylic acids is 1. The summed E-state index contributed by atoms with van der Waals surface area (Å²) in [6, 6.07) is 5.17. The molecule has 1 saturated heterocycles. The number of carbonyl (C=O) groups is 2. The van der Waals surface area contributed by atoms with Crippen LogP contribution in [0.5, 0.6) is 0 Å². The molecule has 150 valence electrons. The average molecular weight is 398 g/mol. The average Bonchev–Trinajstić information content (AvgIpc) is 2.67. The molecule has 2 rings (SSSR count). The van der Waals surface area contributed by atoms with Gasteiger partial charge in [0.15, 0.2) is 0 Å². The molecule has 8 nitrogen and oxygen atoms in total. The van der Waals surface area contributed by atoms with Gasteiger partial charge in [-0.15, -0.1) is 0 Å². The van der Waals surface area contributed by atoms with Crippen LogP contribution < -0.4 is 0 Å². The number of hydrogen-bond donors (Lipinski definition) is 1. The maximum absolute atomic E-state index is 12.7. The Kier molecular flexibility index (Phi) is 7.34. The first kappa shape index (κ1) is 21.3. The van der Waals surface area contributed by atoms with Gasteiger partial charge in [-0.1, -0.05) is 0 Å². The molecule has 1 heterocycles. The van der Waals surface area contributed by atoms with Gasteiger partial charge in [0.05, 0.1) is 10.5 Å². The fourth-order valence-electron chi connectivity index (χ4n) is 3.13. The summed E-state index contributed by atoms with van der Waals surface area (Å²) in [7, 11) is -0.319. The van der Waals surface area contributed by atoms with E-state index in [9.17, 15) is 18.0 Å². The molecule has 1 amide bonds. The highest BCUT2D eigenvalue weighted by molar-refractivity contribution is 7.89. The normalized spacial score (nSPS) is 16.2. The SMILES string of the molecule is COCCCN(C)C(=O)C1CCN(S(=O)(=O)c2ccc(C(=O)O)cc2)CC1. The molecule has 1 aromatic carbocycles. The first-order valence-corrected chi connectivity index (χ1v) is 10.3. The zero-order chi connectivity index (χ0) is 20.0. The summed E-state index contributed by atoms with van der Waals surface area (Å²) in [5, 5.41) is 8.92. The van der Waals surface area contributed by atoms with Crippen LogP contribution in [0.3, 0.4) is 0 Å². The highest BCUT2D eigenvalue weighted by atomic mass is 32.2. The Morgan fingerprint density at radius 3 is 2.33 bits per heavy atom. The van der Waals surface area contributed by atoms with E-state index in [0.29, 0.717) is 26.0 Å². The summed E-state index contributed by atoms with van der Waals surface area (Å²) in [5.41, 5.74) is 0.0368. The number of carboxylic acids is 1. The third-order valence-electron chi connectivity index (χ3n) is 4.76. The zero-order valence-corrected chi connectivity index (χ0v) is 16.4. The molecule has 0 saturated carbocycles. The zero-order valence-electron chi connectivity index (χ0n) is 15.6. The van der Waals surface area contributed by atoms with E-state index in [-0.39, 0.29) is 35.4 Å². The van der Waals surface area contributed by atoms with E-state index in [0.717, 1.165) is 6.42 Å². The molecule has 27 heavy (non-hydrogen) atoms. The maximum Gasteiger partial charge on any atom is 0.335 e. The van der Waals surface area contributed by atoms with Gasteiger partial charge in [0.25, 0.3) is 0 Å². The third kappa shape index (κ3) is 5.27. The van der Waals surface area contributed by atoms with E-state index in [1.165, 1.54) is 28.6 Å². The Bertz CT molecular complexity index is 755. The Morgan fingerprint density at radius 2 is 1.81 bits per heavy atom. The van der Waals surface area contributed by atoms with Crippen molar-refractivity contribution in [3.63, 3.8) is 0 Å². The Balaban J connectivity index is 1.95. The predicted octanol–water partition coefficient (Wildman–Crippen LogP) is 1.28. The van der Waals surface area contributed by atoms with Gasteiger partial charge >= 0.3 is 5.97 Å². The summed E-state index contributed by atoms with van der Waals surface area (Å²) >= 11 is 0.